The van der Waals surface area contributed by atoms with Crippen LogP contribution in [0.4, 0.5) is 5.69 Å². The molecule has 3 amide bonds. The van der Waals surface area contributed by atoms with Gasteiger partial charge < -0.3 is 25.7 Å². The highest BCUT2D eigenvalue weighted by atomic mass is 35.5. The van der Waals surface area contributed by atoms with Crippen molar-refractivity contribution in [3.8, 4) is 0 Å². The predicted octanol–water partition coefficient (Wildman–Crippen LogP) is 2.54. The van der Waals surface area contributed by atoms with E-state index >= 15 is 0 Å². The Kier molecular flexibility index (Phi) is 8.04. The van der Waals surface area contributed by atoms with Crippen molar-refractivity contribution in [1.29, 1.82) is 0 Å². The second-order valence-corrected chi connectivity index (χ2v) is 9.05. The van der Waals surface area contributed by atoms with Crippen molar-refractivity contribution < 1.29 is 19.1 Å². The number of halogens is 1. The number of carbonyl (C=O) groups is 3. The lowest BCUT2D eigenvalue weighted by Crippen LogP contribution is -2.42. The van der Waals surface area contributed by atoms with Gasteiger partial charge in [0.15, 0.2) is 5.69 Å². The zero-order valence-corrected chi connectivity index (χ0v) is 19.7. The standard InChI is InChI=1S/C22H29ClN6O4/c1-22(2,33-3)11-25-20(31)17-18(27-12-26-17)21(32)28-14-6-4-13(5-7-14)19(30)29-16-10-24-9-8-15(16)23/h8-10,12-14H,4-7,11H2,1-3H3,(H,25,31)(H,26,27)(H,28,32)(H,29,30)/t13-,14-. The molecule has 0 aliphatic heterocycles. The Balaban J connectivity index is 1.51. The average Bonchev–Trinajstić information content (AvgIpc) is 3.30. The summed E-state index contributed by atoms with van der Waals surface area (Å²) in [5.41, 5.74) is 0.0787. The fourth-order valence-electron chi connectivity index (χ4n) is 3.55. The Bertz CT molecular complexity index is 1000. The first-order chi connectivity index (χ1) is 15.7. The maximum atomic E-state index is 12.8. The van der Waals surface area contributed by atoms with E-state index in [1.54, 1.807) is 19.4 Å². The van der Waals surface area contributed by atoms with Crippen molar-refractivity contribution in [2.75, 3.05) is 19.0 Å². The average molecular weight is 477 g/mol. The van der Waals surface area contributed by atoms with Gasteiger partial charge in [0, 0.05) is 31.8 Å². The molecule has 0 bridgehead atoms. The van der Waals surface area contributed by atoms with Gasteiger partial charge in [-0.2, -0.15) is 0 Å². The van der Waals surface area contributed by atoms with E-state index in [1.807, 2.05) is 13.8 Å². The number of pyridine rings is 1. The molecule has 2 aromatic rings. The summed E-state index contributed by atoms with van der Waals surface area (Å²) in [6, 6.07) is 1.52. The molecular weight excluding hydrogens is 448 g/mol. The summed E-state index contributed by atoms with van der Waals surface area (Å²) in [5, 5.41) is 8.93. The van der Waals surface area contributed by atoms with Gasteiger partial charge >= 0.3 is 0 Å². The van der Waals surface area contributed by atoms with Crippen molar-refractivity contribution in [1.82, 2.24) is 25.6 Å². The Morgan fingerprint density at radius 1 is 1.21 bits per heavy atom. The second kappa shape index (κ2) is 10.8. The van der Waals surface area contributed by atoms with Gasteiger partial charge in [-0.1, -0.05) is 11.6 Å². The predicted molar refractivity (Wildman–Crippen MR) is 123 cm³/mol. The molecule has 1 saturated carbocycles. The molecule has 11 heteroatoms. The summed E-state index contributed by atoms with van der Waals surface area (Å²) < 4.78 is 5.29. The maximum absolute atomic E-state index is 12.8. The number of aromatic nitrogens is 3. The van der Waals surface area contributed by atoms with Crippen LogP contribution in [-0.2, 0) is 9.53 Å². The number of H-pyrrole nitrogens is 1. The molecule has 0 atom stereocenters. The van der Waals surface area contributed by atoms with Crippen LogP contribution in [0, 0.1) is 5.92 Å². The number of nitrogens with zero attached hydrogens (tertiary/aromatic N) is 2. The third kappa shape index (κ3) is 6.52. The van der Waals surface area contributed by atoms with E-state index < -0.39 is 17.4 Å². The van der Waals surface area contributed by atoms with Gasteiger partial charge in [-0.25, -0.2) is 4.98 Å². The Labute approximate surface area is 197 Å². The third-order valence-electron chi connectivity index (χ3n) is 5.77. The highest BCUT2D eigenvalue weighted by Gasteiger charge is 2.29. The number of aromatic amines is 1. The minimum absolute atomic E-state index is 0.0285. The molecule has 0 unspecified atom stereocenters. The van der Waals surface area contributed by atoms with E-state index in [-0.39, 0.29) is 35.8 Å². The topological polar surface area (TPSA) is 138 Å². The third-order valence-corrected chi connectivity index (χ3v) is 6.10. The van der Waals surface area contributed by atoms with Crippen molar-refractivity contribution >= 4 is 35.0 Å². The normalized spacial score (nSPS) is 18.4. The molecule has 0 saturated heterocycles. The Morgan fingerprint density at radius 2 is 1.94 bits per heavy atom. The van der Waals surface area contributed by atoms with Gasteiger partial charge in [0.1, 0.15) is 5.69 Å². The van der Waals surface area contributed by atoms with E-state index in [4.69, 9.17) is 16.3 Å². The minimum atomic E-state index is -0.540. The molecule has 4 N–H and O–H groups in total. The summed E-state index contributed by atoms with van der Waals surface area (Å²) in [7, 11) is 1.56. The molecule has 1 aliphatic rings. The number of hydrogen-bond acceptors (Lipinski definition) is 6. The van der Waals surface area contributed by atoms with Crippen LogP contribution >= 0.6 is 11.6 Å². The number of nitrogens with one attached hydrogen (secondary N) is 4. The molecule has 0 radical (unpaired) electrons. The number of anilines is 1. The summed E-state index contributed by atoms with van der Waals surface area (Å²) in [6.07, 6.45) is 6.91. The maximum Gasteiger partial charge on any atom is 0.272 e. The molecule has 3 rings (SSSR count). The van der Waals surface area contributed by atoms with Crippen LogP contribution < -0.4 is 16.0 Å². The largest absolute Gasteiger partial charge is 0.377 e. The zero-order valence-electron chi connectivity index (χ0n) is 18.9. The fourth-order valence-corrected chi connectivity index (χ4v) is 3.70. The number of imidazole rings is 1. The smallest absolute Gasteiger partial charge is 0.272 e. The number of hydrogen-bond donors (Lipinski definition) is 4. The lowest BCUT2D eigenvalue weighted by molar-refractivity contribution is -0.120. The van der Waals surface area contributed by atoms with Gasteiger partial charge in [0.05, 0.1) is 28.8 Å². The van der Waals surface area contributed by atoms with Crippen LogP contribution in [0.15, 0.2) is 24.8 Å². The Hall–Kier alpha value is -2.98. The number of rotatable bonds is 8. The molecule has 2 aromatic heterocycles. The SMILES string of the molecule is COC(C)(C)CNC(=O)c1nc[nH]c1C(=O)N[C@H]1CC[C@H](C(=O)Nc2cnccc2Cl)CC1. The van der Waals surface area contributed by atoms with E-state index in [1.165, 1.54) is 12.5 Å². The molecule has 178 valence electrons. The van der Waals surface area contributed by atoms with Gasteiger partial charge in [-0.15, -0.1) is 0 Å². The van der Waals surface area contributed by atoms with Gasteiger partial charge in [-0.05, 0) is 45.6 Å². The molecule has 10 nitrogen and oxygen atoms in total. The first-order valence-electron chi connectivity index (χ1n) is 10.8. The van der Waals surface area contributed by atoms with Crippen molar-refractivity contribution in [3.63, 3.8) is 0 Å². The first kappa shape index (κ1) is 24.7. The number of carbonyl (C=O) groups excluding carboxylic acids is 3. The quantitative estimate of drug-likeness (QED) is 0.462. The minimum Gasteiger partial charge on any atom is -0.377 e. The molecule has 0 spiro atoms. The zero-order chi connectivity index (χ0) is 24.0. The van der Waals surface area contributed by atoms with Crippen molar-refractivity contribution in [2.24, 2.45) is 5.92 Å². The highest BCUT2D eigenvalue weighted by molar-refractivity contribution is 6.33. The summed E-state index contributed by atoms with van der Waals surface area (Å²) in [6.45, 7) is 3.95. The van der Waals surface area contributed by atoms with Crippen LogP contribution in [0.2, 0.25) is 5.02 Å². The van der Waals surface area contributed by atoms with Crippen LogP contribution in [0.25, 0.3) is 0 Å². The Morgan fingerprint density at radius 3 is 2.61 bits per heavy atom. The lowest BCUT2D eigenvalue weighted by Gasteiger charge is -2.28. The van der Waals surface area contributed by atoms with E-state index in [9.17, 15) is 14.4 Å². The number of ether oxygens (including phenoxy) is 1. The lowest BCUT2D eigenvalue weighted by atomic mass is 9.85. The fraction of sp³-hybridized carbons (Fsp3) is 0.500. The second-order valence-electron chi connectivity index (χ2n) is 8.64. The van der Waals surface area contributed by atoms with Gasteiger partial charge in [-0.3, -0.25) is 19.4 Å². The van der Waals surface area contributed by atoms with Crippen LogP contribution in [-0.4, -0.2) is 58.0 Å². The molecular formula is C22H29ClN6O4. The number of amides is 3. The summed E-state index contributed by atoms with van der Waals surface area (Å²) >= 11 is 6.08. The molecule has 33 heavy (non-hydrogen) atoms. The van der Waals surface area contributed by atoms with Gasteiger partial charge in [0.25, 0.3) is 11.8 Å². The van der Waals surface area contributed by atoms with E-state index in [0.717, 1.165) is 0 Å². The highest BCUT2D eigenvalue weighted by Crippen LogP contribution is 2.27. The van der Waals surface area contributed by atoms with Crippen LogP contribution in [0.1, 0.15) is 60.5 Å². The molecule has 1 fully saturated rings. The number of methoxy groups -OCH3 is 1. The van der Waals surface area contributed by atoms with Gasteiger partial charge in [0.2, 0.25) is 5.91 Å². The van der Waals surface area contributed by atoms with E-state index in [2.05, 4.69) is 30.9 Å². The van der Waals surface area contributed by atoms with Crippen LogP contribution in [0.5, 0.6) is 0 Å². The summed E-state index contributed by atoms with van der Waals surface area (Å²) in [4.78, 5) is 48.5. The molecule has 1 aliphatic carbocycles. The first-order valence-corrected chi connectivity index (χ1v) is 11.2. The molecule has 2 heterocycles. The van der Waals surface area contributed by atoms with E-state index in [0.29, 0.717) is 36.4 Å². The van der Waals surface area contributed by atoms with Crippen molar-refractivity contribution in [2.45, 2.75) is 51.2 Å². The monoisotopic (exact) mass is 476 g/mol. The van der Waals surface area contributed by atoms with Crippen LogP contribution in [0.3, 0.4) is 0 Å². The summed E-state index contributed by atoms with van der Waals surface area (Å²) in [5.74, 6) is -1.15. The molecule has 0 aromatic carbocycles. The van der Waals surface area contributed by atoms with Crippen molar-refractivity contribution in [3.05, 3.63) is 41.2 Å².